The van der Waals surface area contributed by atoms with Gasteiger partial charge >= 0.3 is 0 Å². The van der Waals surface area contributed by atoms with Gasteiger partial charge < -0.3 is 0 Å². The highest BCUT2D eigenvalue weighted by Gasteiger charge is 2.32. The van der Waals surface area contributed by atoms with E-state index in [0.717, 1.165) is 0 Å². The second kappa shape index (κ2) is 7.72. The summed E-state index contributed by atoms with van der Waals surface area (Å²) in [6.45, 7) is 2.29. The van der Waals surface area contributed by atoms with Gasteiger partial charge in [-0.3, -0.25) is 0 Å². The van der Waals surface area contributed by atoms with E-state index in [2.05, 4.69) is 37.3 Å². The molecule has 0 spiro atoms. The van der Waals surface area contributed by atoms with E-state index in [0.29, 0.717) is 5.41 Å². The van der Waals surface area contributed by atoms with Gasteiger partial charge in [-0.05, 0) is 36.3 Å². The van der Waals surface area contributed by atoms with Crippen LogP contribution < -0.4 is 0 Å². The van der Waals surface area contributed by atoms with Crippen LogP contribution >= 0.6 is 0 Å². The van der Waals surface area contributed by atoms with Crippen molar-refractivity contribution in [2.45, 2.75) is 83.0 Å². The van der Waals surface area contributed by atoms with Gasteiger partial charge in [-0.2, -0.15) is 0 Å². The zero-order valence-electron chi connectivity index (χ0n) is 12.6. The quantitative estimate of drug-likeness (QED) is 0.522. The van der Waals surface area contributed by atoms with Crippen molar-refractivity contribution in [2.75, 3.05) is 0 Å². The number of unbranched alkanes of at least 4 members (excludes halogenated alkanes) is 4. The molecular formula is C19H29. The van der Waals surface area contributed by atoms with Crippen LogP contribution in [0.2, 0.25) is 0 Å². The molecule has 0 heterocycles. The molecule has 0 bridgehead atoms. The van der Waals surface area contributed by atoms with Crippen molar-refractivity contribution in [3.05, 3.63) is 35.9 Å². The second-order valence-electron chi connectivity index (χ2n) is 6.29. The molecule has 0 amide bonds. The molecular weight excluding hydrogens is 228 g/mol. The fourth-order valence-corrected chi connectivity index (χ4v) is 3.72. The van der Waals surface area contributed by atoms with Crippen LogP contribution in [0.5, 0.6) is 0 Å². The Bertz CT molecular complexity index is 332. The number of rotatable bonds is 7. The molecule has 0 saturated heterocycles. The summed E-state index contributed by atoms with van der Waals surface area (Å²) in [7, 11) is 0. The summed E-state index contributed by atoms with van der Waals surface area (Å²) in [5.74, 6) is 0. The standard InChI is InChI=1S/C19H29/c1-2-3-4-5-10-15-19(16-11-7-12-17-19)18-13-8-6-9-14-18/h8-9,13-14H,2-5,7,10-12,15-17H2,1H3. The Kier molecular flexibility index (Phi) is 5.94. The summed E-state index contributed by atoms with van der Waals surface area (Å²) in [5.41, 5.74) is 2.08. The van der Waals surface area contributed by atoms with Crippen LogP contribution in [0.1, 0.15) is 83.1 Å². The minimum atomic E-state index is 0.500. The third-order valence-corrected chi connectivity index (χ3v) is 4.90. The maximum absolute atomic E-state index is 3.17. The molecule has 0 unspecified atom stereocenters. The average Bonchev–Trinajstić information content (AvgIpc) is 2.49. The smallest absolute Gasteiger partial charge is 0.00470 e. The monoisotopic (exact) mass is 257 g/mol. The minimum absolute atomic E-state index is 0.500. The van der Waals surface area contributed by atoms with Crippen LogP contribution in [0.25, 0.3) is 0 Å². The molecule has 1 saturated carbocycles. The van der Waals surface area contributed by atoms with Crippen molar-refractivity contribution in [3.8, 4) is 0 Å². The van der Waals surface area contributed by atoms with Gasteiger partial charge in [-0.15, -0.1) is 0 Å². The number of hydrogen-bond donors (Lipinski definition) is 0. The van der Waals surface area contributed by atoms with Gasteiger partial charge in [0.2, 0.25) is 0 Å². The molecule has 2 rings (SSSR count). The lowest BCUT2D eigenvalue weighted by Gasteiger charge is -2.38. The molecule has 0 nitrogen and oxygen atoms in total. The van der Waals surface area contributed by atoms with Crippen molar-refractivity contribution >= 4 is 0 Å². The first-order chi connectivity index (χ1) is 9.37. The molecule has 1 fully saturated rings. The van der Waals surface area contributed by atoms with Crippen molar-refractivity contribution in [1.82, 2.24) is 0 Å². The molecule has 1 aliphatic rings. The van der Waals surface area contributed by atoms with Crippen molar-refractivity contribution < 1.29 is 0 Å². The molecule has 1 aliphatic carbocycles. The predicted molar refractivity (Wildman–Crippen MR) is 83.4 cm³/mol. The third-order valence-electron chi connectivity index (χ3n) is 4.90. The van der Waals surface area contributed by atoms with Crippen LogP contribution in [0.3, 0.4) is 0 Å². The summed E-state index contributed by atoms with van der Waals surface area (Å²) < 4.78 is 0. The lowest BCUT2D eigenvalue weighted by molar-refractivity contribution is 0.265. The Hall–Kier alpha value is -0.780. The van der Waals surface area contributed by atoms with Crippen LogP contribution in [0.15, 0.2) is 24.3 Å². The largest absolute Gasteiger partial charge is 0.0654 e. The Labute approximate surface area is 119 Å². The summed E-state index contributed by atoms with van der Waals surface area (Å²) in [6, 6.07) is 12.0. The van der Waals surface area contributed by atoms with Gasteiger partial charge in [0, 0.05) is 0 Å². The molecule has 0 aliphatic heterocycles. The van der Waals surface area contributed by atoms with Gasteiger partial charge in [-0.1, -0.05) is 82.6 Å². The number of hydrogen-bond acceptors (Lipinski definition) is 0. The van der Waals surface area contributed by atoms with E-state index in [1.165, 1.54) is 70.6 Å². The van der Waals surface area contributed by atoms with E-state index in [1.807, 2.05) is 0 Å². The Balaban J connectivity index is 1.95. The zero-order chi connectivity index (χ0) is 13.4. The van der Waals surface area contributed by atoms with E-state index >= 15 is 0 Å². The topological polar surface area (TPSA) is 0 Å². The Morgan fingerprint density at radius 1 is 0.947 bits per heavy atom. The Morgan fingerprint density at radius 2 is 1.63 bits per heavy atom. The molecule has 105 valence electrons. The molecule has 1 aromatic rings. The first kappa shape index (κ1) is 14.6. The summed E-state index contributed by atoms with van der Waals surface area (Å²) in [4.78, 5) is 0. The van der Waals surface area contributed by atoms with Crippen LogP contribution in [0.4, 0.5) is 0 Å². The highest BCUT2D eigenvalue weighted by atomic mass is 14.4. The van der Waals surface area contributed by atoms with Crippen LogP contribution in [0, 0.1) is 6.07 Å². The minimum Gasteiger partial charge on any atom is -0.0654 e. The maximum atomic E-state index is 3.17. The normalized spacial score (nSPS) is 18.4. The first-order valence-corrected chi connectivity index (χ1v) is 8.34. The van der Waals surface area contributed by atoms with Gasteiger partial charge in [0.25, 0.3) is 0 Å². The summed E-state index contributed by atoms with van der Waals surface area (Å²) in [6.07, 6.45) is 15.5. The summed E-state index contributed by atoms with van der Waals surface area (Å²) >= 11 is 0. The third kappa shape index (κ3) is 4.09. The average molecular weight is 257 g/mol. The molecule has 1 radical (unpaired) electrons. The van der Waals surface area contributed by atoms with Gasteiger partial charge in [-0.25, -0.2) is 0 Å². The van der Waals surface area contributed by atoms with Crippen molar-refractivity contribution in [2.24, 2.45) is 0 Å². The predicted octanol–water partition coefficient (Wildman–Crippen LogP) is 6.05. The van der Waals surface area contributed by atoms with E-state index in [4.69, 9.17) is 0 Å². The van der Waals surface area contributed by atoms with Crippen molar-refractivity contribution in [1.29, 1.82) is 0 Å². The Morgan fingerprint density at radius 3 is 2.32 bits per heavy atom. The highest BCUT2D eigenvalue weighted by Crippen LogP contribution is 2.43. The van der Waals surface area contributed by atoms with Gasteiger partial charge in [0.1, 0.15) is 0 Å². The van der Waals surface area contributed by atoms with E-state index in [-0.39, 0.29) is 0 Å². The molecule has 0 atom stereocenters. The molecule has 1 aromatic carbocycles. The van der Waals surface area contributed by atoms with Crippen LogP contribution in [-0.4, -0.2) is 0 Å². The fraction of sp³-hybridized carbons (Fsp3) is 0.684. The van der Waals surface area contributed by atoms with Crippen molar-refractivity contribution in [3.63, 3.8) is 0 Å². The van der Waals surface area contributed by atoms with Gasteiger partial charge in [0.15, 0.2) is 0 Å². The van der Waals surface area contributed by atoms with E-state index < -0.39 is 0 Å². The molecule has 0 heteroatoms. The van der Waals surface area contributed by atoms with Crippen LogP contribution in [-0.2, 0) is 5.41 Å². The maximum Gasteiger partial charge on any atom is -0.00470 e. The molecule has 0 N–H and O–H groups in total. The van der Waals surface area contributed by atoms with E-state index in [1.54, 1.807) is 5.56 Å². The zero-order valence-corrected chi connectivity index (χ0v) is 12.6. The fourth-order valence-electron chi connectivity index (χ4n) is 3.72. The highest BCUT2D eigenvalue weighted by molar-refractivity contribution is 5.25. The lowest BCUT2D eigenvalue weighted by atomic mass is 9.66. The first-order valence-electron chi connectivity index (χ1n) is 8.34. The molecule has 0 aromatic heterocycles. The number of benzene rings is 1. The lowest BCUT2D eigenvalue weighted by Crippen LogP contribution is -2.29. The molecule has 19 heavy (non-hydrogen) atoms. The van der Waals surface area contributed by atoms with Gasteiger partial charge in [0.05, 0.1) is 0 Å². The van der Waals surface area contributed by atoms with E-state index in [9.17, 15) is 0 Å². The second-order valence-corrected chi connectivity index (χ2v) is 6.29. The summed E-state index contributed by atoms with van der Waals surface area (Å²) in [5, 5.41) is 0. The SMILES string of the molecule is CCCCCCCC1(c2cc[c]cc2)CCCCC1.